The van der Waals surface area contributed by atoms with Crippen LogP contribution < -0.4 is 19.7 Å². The Hall–Kier alpha value is -2.44. The van der Waals surface area contributed by atoms with E-state index in [2.05, 4.69) is 10.2 Å². The highest BCUT2D eigenvalue weighted by molar-refractivity contribution is 6.30. The lowest BCUT2D eigenvalue weighted by Crippen LogP contribution is -2.37. The minimum atomic E-state index is -0.243. The van der Waals surface area contributed by atoms with E-state index in [0.29, 0.717) is 35.4 Å². The SMILES string of the molecule is COc1ccc(N2CCOCC2)c(NC(=O)COc2ccc(Cl)cc2C)c1. The Morgan fingerprint density at radius 1 is 1.22 bits per heavy atom. The van der Waals surface area contributed by atoms with Crippen LogP contribution in [0.3, 0.4) is 0 Å². The highest BCUT2D eigenvalue weighted by Gasteiger charge is 2.17. The Kier molecular flexibility index (Phi) is 6.42. The average Bonchev–Trinajstić information content (AvgIpc) is 2.68. The van der Waals surface area contributed by atoms with Gasteiger partial charge in [-0.2, -0.15) is 0 Å². The number of hydrogen-bond acceptors (Lipinski definition) is 5. The third kappa shape index (κ3) is 5.05. The number of anilines is 2. The third-order valence-electron chi connectivity index (χ3n) is 4.33. The van der Waals surface area contributed by atoms with Crippen molar-refractivity contribution < 1.29 is 19.0 Å². The van der Waals surface area contributed by atoms with Gasteiger partial charge < -0.3 is 24.4 Å². The van der Waals surface area contributed by atoms with E-state index in [1.807, 2.05) is 25.1 Å². The van der Waals surface area contributed by atoms with Gasteiger partial charge in [0.15, 0.2) is 6.61 Å². The summed E-state index contributed by atoms with van der Waals surface area (Å²) < 4.78 is 16.3. The molecule has 0 unspecified atom stereocenters. The summed E-state index contributed by atoms with van der Waals surface area (Å²) in [5.74, 6) is 1.07. The lowest BCUT2D eigenvalue weighted by molar-refractivity contribution is -0.118. The Bertz CT molecular complexity index is 807. The summed E-state index contributed by atoms with van der Waals surface area (Å²) in [6.45, 7) is 4.67. The minimum Gasteiger partial charge on any atom is -0.497 e. The molecule has 1 heterocycles. The van der Waals surface area contributed by atoms with E-state index >= 15 is 0 Å². The maximum Gasteiger partial charge on any atom is 0.262 e. The first-order valence-corrected chi connectivity index (χ1v) is 9.14. The number of carbonyl (C=O) groups is 1. The fourth-order valence-electron chi connectivity index (χ4n) is 2.93. The van der Waals surface area contributed by atoms with Crippen molar-refractivity contribution in [3.63, 3.8) is 0 Å². The molecule has 1 amide bonds. The van der Waals surface area contributed by atoms with Crippen LogP contribution in [0.4, 0.5) is 11.4 Å². The summed E-state index contributed by atoms with van der Waals surface area (Å²) >= 11 is 5.95. The monoisotopic (exact) mass is 390 g/mol. The first-order valence-electron chi connectivity index (χ1n) is 8.76. The fourth-order valence-corrected chi connectivity index (χ4v) is 3.15. The summed E-state index contributed by atoms with van der Waals surface area (Å²) in [6.07, 6.45) is 0. The number of hydrogen-bond donors (Lipinski definition) is 1. The Balaban J connectivity index is 1.70. The highest BCUT2D eigenvalue weighted by atomic mass is 35.5. The number of morpholine rings is 1. The van der Waals surface area contributed by atoms with E-state index in [-0.39, 0.29) is 12.5 Å². The number of carbonyl (C=O) groups excluding carboxylic acids is 1. The zero-order valence-corrected chi connectivity index (χ0v) is 16.2. The molecule has 144 valence electrons. The molecule has 7 heteroatoms. The van der Waals surface area contributed by atoms with Crippen LogP contribution in [-0.4, -0.2) is 45.9 Å². The number of halogens is 1. The van der Waals surface area contributed by atoms with Gasteiger partial charge in [0.1, 0.15) is 11.5 Å². The predicted octanol–water partition coefficient (Wildman–Crippen LogP) is 3.51. The number of amides is 1. The number of nitrogens with zero attached hydrogens (tertiary/aromatic N) is 1. The second-order valence-corrected chi connectivity index (χ2v) is 6.67. The Labute approximate surface area is 164 Å². The predicted molar refractivity (Wildman–Crippen MR) is 106 cm³/mol. The first-order chi connectivity index (χ1) is 13.1. The summed E-state index contributed by atoms with van der Waals surface area (Å²) in [5.41, 5.74) is 2.51. The topological polar surface area (TPSA) is 60.0 Å². The molecule has 1 fully saturated rings. The van der Waals surface area contributed by atoms with Gasteiger partial charge in [0.25, 0.3) is 5.91 Å². The molecule has 0 bridgehead atoms. The van der Waals surface area contributed by atoms with Gasteiger partial charge >= 0.3 is 0 Å². The number of methoxy groups -OCH3 is 1. The van der Waals surface area contributed by atoms with Gasteiger partial charge in [0.2, 0.25) is 0 Å². The van der Waals surface area contributed by atoms with Crippen molar-refractivity contribution in [1.29, 1.82) is 0 Å². The summed E-state index contributed by atoms with van der Waals surface area (Å²) in [7, 11) is 1.60. The van der Waals surface area contributed by atoms with E-state index in [9.17, 15) is 4.79 Å². The molecule has 1 aliphatic heterocycles. The maximum atomic E-state index is 12.5. The number of nitrogens with one attached hydrogen (secondary N) is 1. The number of ether oxygens (including phenoxy) is 3. The summed E-state index contributed by atoms with van der Waals surface area (Å²) in [6, 6.07) is 10.9. The van der Waals surface area contributed by atoms with Crippen molar-refractivity contribution in [2.24, 2.45) is 0 Å². The molecule has 6 nitrogen and oxygen atoms in total. The third-order valence-corrected chi connectivity index (χ3v) is 4.56. The molecular weight excluding hydrogens is 368 g/mol. The van der Waals surface area contributed by atoms with E-state index in [1.54, 1.807) is 25.3 Å². The van der Waals surface area contributed by atoms with Crippen LogP contribution in [0.2, 0.25) is 5.02 Å². The van der Waals surface area contributed by atoms with E-state index in [4.69, 9.17) is 25.8 Å². The van der Waals surface area contributed by atoms with Crippen LogP contribution in [0.15, 0.2) is 36.4 Å². The molecule has 1 saturated heterocycles. The van der Waals surface area contributed by atoms with Crippen molar-refractivity contribution in [2.75, 3.05) is 50.2 Å². The van der Waals surface area contributed by atoms with Crippen LogP contribution >= 0.6 is 11.6 Å². The molecule has 27 heavy (non-hydrogen) atoms. The van der Waals surface area contributed by atoms with Crippen LogP contribution in [0, 0.1) is 6.92 Å². The second-order valence-electron chi connectivity index (χ2n) is 6.23. The second kappa shape index (κ2) is 8.97. The zero-order valence-electron chi connectivity index (χ0n) is 15.5. The standard InChI is InChI=1S/C20H23ClN2O4/c1-14-11-15(21)3-6-19(14)27-13-20(24)22-17-12-16(25-2)4-5-18(17)23-7-9-26-10-8-23/h3-6,11-12H,7-10,13H2,1-2H3,(H,22,24). The van der Waals surface area contributed by atoms with Gasteiger partial charge in [-0.05, 0) is 42.8 Å². The Morgan fingerprint density at radius 2 is 2.00 bits per heavy atom. The van der Waals surface area contributed by atoms with E-state index < -0.39 is 0 Å². The first kappa shape index (κ1) is 19.3. The van der Waals surface area contributed by atoms with Crippen molar-refractivity contribution in [1.82, 2.24) is 0 Å². The van der Waals surface area contributed by atoms with Gasteiger partial charge in [-0.1, -0.05) is 11.6 Å². The van der Waals surface area contributed by atoms with E-state index in [0.717, 1.165) is 24.3 Å². The molecule has 0 radical (unpaired) electrons. The molecular formula is C20H23ClN2O4. The van der Waals surface area contributed by atoms with Crippen molar-refractivity contribution in [3.05, 3.63) is 47.0 Å². The molecule has 0 atom stereocenters. The van der Waals surface area contributed by atoms with Crippen molar-refractivity contribution in [3.8, 4) is 11.5 Å². The van der Waals surface area contributed by atoms with Gasteiger partial charge in [-0.25, -0.2) is 0 Å². The van der Waals surface area contributed by atoms with Gasteiger partial charge in [-0.15, -0.1) is 0 Å². The van der Waals surface area contributed by atoms with E-state index in [1.165, 1.54) is 0 Å². The molecule has 2 aromatic rings. The smallest absolute Gasteiger partial charge is 0.262 e. The fraction of sp³-hybridized carbons (Fsp3) is 0.350. The molecule has 0 saturated carbocycles. The van der Waals surface area contributed by atoms with Gasteiger partial charge in [-0.3, -0.25) is 4.79 Å². The largest absolute Gasteiger partial charge is 0.497 e. The van der Waals surface area contributed by atoms with Gasteiger partial charge in [0, 0.05) is 24.2 Å². The summed E-state index contributed by atoms with van der Waals surface area (Å²) in [4.78, 5) is 14.6. The number of aryl methyl sites for hydroxylation is 1. The van der Waals surface area contributed by atoms with Crippen LogP contribution in [-0.2, 0) is 9.53 Å². The molecule has 1 aliphatic rings. The lowest BCUT2D eigenvalue weighted by Gasteiger charge is -2.30. The summed E-state index contributed by atoms with van der Waals surface area (Å²) in [5, 5.41) is 3.57. The van der Waals surface area contributed by atoms with Crippen LogP contribution in [0.5, 0.6) is 11.5 Å². The van der Waals surface area contributed by atoms with Gasteiger partial charge in [0.05, 0.1) is 31.7 Å². The van der Waals surface area contributed by atoms with Crippen molar-refractivity contribution in [2.45, 2.75) is 6.92 Å². The molecule has 2 aromatic carbocycles. The average molecular weight is 391 g/mol. The minimum absolute atomic E-state index is 0.0950. The number of benzene rings is 2. The van der Waals surface area contributed by atoms with Crippen LogP contribution in [0.1, 0.15) is 5.56 Å². The normalized spacial score (nSPS) is 14.0. The highest BCUT2D eigenvalue weighted by Crippen LogP contribution is 2.31. The molecule has 0 spiro atoms. The Morgan fingerprint density at radius 3 is 2.70 bits per heavy atom. The molecule has 0 aliphatic carbocycles. The molecule has 3 rings (SSSR count). The lowest BCUT2D eigenvalue weighted by atomic mass is 10.2. The zero-order chi connectivity index (χ0) is 19.2. The molecule has 0 aromatic heterocycles. The van der Waals surface area contributed by atoms with Crippen LogP contribution in [0.25, 0.3) is 0 Å². The quantitative estimate of drug-likeness (QED) is 0.817. The van der Waals surface area contributed by atoms with Crippen molar-refractivity contribution >= 4 is 28.9 Å². The number of rotatable bonds is 6. The molecule has 1 N–H and O–H groups in total. The maximum absolute atomic E-state index is 12.5.